The Hall–Kier alpha value is -2.18. The Morgan fingerprint density at radius 2 is 1.95 bits per heavy atom. The highest BCUT2D eigenvalue weighted by Gasteiger charge is 2.51. The fourth-order valence-electron chi connectivity index (χ4n) is 2.36. The first-order chi connectivity index (χ1) is 9.44. The van der Waals surface area contributed by atoms with Gasteiger partial charge in [-0.25, -0.2) is 9.78 Å². The zero-order valence-corrected chi connectivity index (χ0v) is 11.7. The average molecular weight is 279 g/mol. The molecule has 1 fully saturated rings. The summed E-state index contributed by atoms with van der Waals surface area (Å²) >= 11 is 0. The van der Waals surface area contributed by atoms with E-state index in [2.05, 4.69) is 10.3 Å². The molecule has 0 unspecified atom stereocenters. The van der Waals surface area contributed by atoms with E-state index < -0.39 is 23.3 Å². The topological polar surface area (TPSA) is 92.5 Å². The Labute approximate surface area is 116 Å². The van der Waals surface area contributed by atoms with Gasteiger partial charge in [-0.15, -0.1) is 0 Å². The molecule has 7 nitrogen and oxygen atoms in total. The number of oxazole rings is 1. The smallest absolute Gasteiger partial charge is 0.331 e. The molecule has 2 rings (SSSR count). The molecule has 0 radical (unpaired) electrons. The molecule has 1 aromatic heterocycles. The van der Waals surface area contributed by atoms with Crippen molar-refractivity contribution < 1.29 is 18.8 Å². The van der Waals surface area contributed by atoms with Crippen LogP contribution in [0.1, 0.15) is 38.3 Å². The van der Waals surface area contributed by atoms with Crippen molar-refractivity contribution in [3.05, 3.63) is 17.8 Å². The van der Waals surface area contributed by atoms with E-state index in [0.29, 0.717) is 18.6 Å². The first-order valence-corrected chi connectivity index (χ1v) is 6.53. The lowest BCUT2D eigenvalue weighted by atomic mass is 9.78. The minimum absolute atomic E-state index is 0.0759. The normalized spacial score (nSPS) is 18.4. The van der Waals surface area contributed by atoms with Gasteiger partial charge in [0.1, 0.15) is 17.7 Å². The van der Waals surface area contributed by atoms with Crippen molar-refractivity contribution in [1.82, 2.24) is 15.2 Å². The lowest BCUT2D eigenvalue weighted by molar-refractivity contribution is -0.152. The Morgan fingerprint density at radius 3 is 2.45 bits per heavy atom. The predicted octanol–water partition coefficient (Wildman–Crippen LogP) is 1.37. The summed E-state index contributed by atoms with van der Waals surface area (Å²) in [5.74, 6) is -0.163. The molecule has 1 aromatic rings. The Bertz CT molecular complexity index is 560. The van der Waals surface area contributed by atoms with Gasteiger partial charge >= 0.3 is 6.03 Å². The number of barbiturate groups is 1. The van der Waals surface area contributed by atoms with Gasteiger partial charge in [0.25, 0.3) is 0 Å². The van der Waals surface area contributed by atoms with Crippen molar-refractivity contribution in [3.8, 4) is 0 Å². The third-order valence-corrected chi connectivity index (χ3v) is 3.72. The first-order valence-electron chi connectivity index (χ1n) is 6.53. The minimum Gasteiger partial charge on any atom is -0.444 e. The van der Waals surface area contributed by atoms with Gasteiger partial charge in [0, 0.05) is 0 Å². The number of nitrogens with one attached hydrogen (secondary N) is 1. The van der Waals surface area contributed by atoms with E-state index in [-0.39, 0.29) is 12.4 Å². The van der Waals surface area contributed by atoms with Crippen molar-refractivity contribution in [2.75, 3.05) is 0 Å². The zero-order valence-electron chi connectivity index (χ0n) is 11.7. The van der Waals surface area contributed by atoms with Crippen molar-refractivity contribution in [2.24, 2.45) is 5.41 Å². The van der Waals surface area contributed by atoms with E-state index >= 15 is 0 Å². The van der Waals surface area contributed by atoms with Crippen LogP contribution in [0.25, 0.3) is 0 Å². The van der Waals surface area contributed by atoms with Crippen LogP contribution in [0.15, 0.2) is 10.6 Å². The van der Waals surface area contributed by atoms with E-state index in [1.807, 2.05) is 0 Å². The van der Waals surface area contributed by atoms with Crippen LogP contribution in [-0.2, 0) is 16.1 Å². The first kappa shape index (κ1) is 14.2. The molecule has 7 heteroatoms. The predicted molar refractivity (Wildman–Crippen MR) is 68.3 cm³/mol. The van der Waals surface area contributed by atoms with Crippen LogP contribution < -0.4 is 5.32 Å². The van der Waals surface area contributed by atoms with Crippen molar-refractivity contribution in [2.45, 2.75) is 40.2 Å². The maximum absolute atomic E-state index is 12.5. The highest BCUT2D eigenvalue weighted by molar-refractivity contribution is 6.18. The highest BCUT2D eigenvalue weighted by Crippen LogP contribution is 2.32. The standard InChI is InChI=1S/C13H17N3O4/c1-4-13(5-2)10(17)15-12(19)16(11(13)18)7-9-14-6-8(3)20-9/h6H,4-5,7H2,1-3H3,(H,15,17,19). The molecule has 2 heterocycles. The van der Waals surface area contributed by atoms with E-state index in [1.165, 1.54) is 6.20 Å². The molecule has 1 aliphatic rings. The Kier molecular flexibility index (Phi) is 3.61. The molecule has 0 spiro atoms. The summed E-state index contributed by atoms with van der Waals surface area (Å²) in [6.45, 7) is 5.16. The fourth-order valence-corrected chi connectivity index (χ4v) is 2.36. The van der Waals surface area contributed by atoms with E-state index in [1.54, 1.807) is 20.8 Å². The van der Waals surface area contributed by atoms with Gasteiger partial charge < -0.3 is 4.42 Å². The van der Waals surface area contributed by atoms with E-state index in [0.717, 1.165) is 4.90 Å². The summed E-state index contributed by atoms with van der Waals surface area (Å²) in [6.07, 6.45) is 2.19. The van der Waals surface area contributed by atoms with Crippen LogP contribution >= 0.6 is 0 Å². The van der Waals surface area contributed by atoms with Crippen LogP contribution in [0.2, 0.25) is 0 Å². The molecule has 1 saturated heterocycles. The van der Waals surface area contributed by atoms with Crippen LogP contribution in [0.3, 0.4) is 0 Å². The monoisotopic (exact) mass is 279 g/mol. The molecular weight excluding hydrogens is 262 g/mol. The molecule has 20 heavy (non-hydrogen) atoms. The molecule has 0 saturated carbocycles. The summed E-state index contributed by atoms with van der Waals surface area (Å²) in [6, 6.07) is -0.728. The number of urea groups is 1. The van der Waals surface area contributed by atoms with Gasteiger partial charge in [0.15, 0.2) is 0 Å². The zero-order chi connectivity index (χ0) is 14.9. The molecular formula is C13H17N3O4. The van der Waals surface area contributed by atoms with E-state index in [4.69, 9.17) is 4.42 Å². The Balaban J connectivity index is 2.30. The summed E-state index contributed by atoms with van der Waals surface area (Å²) in [4.78, 5) is 41.3. The van der Waals surface area contributed by atoms with Crippen molar-refractivity contribution in [3.63, 3.8) is 0 Å². The van der Waals surface area contributed by atoms with Gasteiger partial charge in [0.05, 0.1) is 6.20 Å². The minimum atomic E-state index is -1.18. The van der Waals surface area contributed by atoms with Crippen molar-refractivity contribution >= 4 is 17.8 Å². The number of carbonyl (C=O) groups is 3. The third-order valence-electron chi connectivity index (χ3n) is 3.72. The summed E-state index contributed by atoms with van der Waals surface area (Å²) in [7, 11) is 0. The SMILES string of the molecule is CCC1(CC)C(=O)NC(=O)N(Cc2ncc(C)o2)C1=O. The third kappa shape index (κ3) is 2.09. The van der Waals surface area contributed by atoms with Gasteiger partial charge in [-0.1, -0.05) is 13.8 Å². The number of aromatic nitrogens is 1. The van der Waals surface area contributed by atoms with E-state index in [9.17, 15) is 14.4 Å². The van der Waals surface area contributed by atoms with Crippen LogP contribution in [0.5, 0.6) is 0 Å². The summed E-state index contributed by atoms with van der Waals surface area (Å²) in [5.41, 5.74) is -1.18. The maximum Gasteiger partial charge on any atom is 0.331 e. The second kappa shape index (κ2) is 5.07. The molecule has 0 aromatic carbocycles. The molecule has 0 atom stereocenters. The highest BCUT2D eigenvalue weighted by atomic mass is 16.4. The summed E-state index contributed by atoms with van der Waals surface area (Å²) in [5, 5.41) is 2.24. The number of hydrogen-bond acceptors (Lipinski definition) is 5. The molecule has 4 amide bonds. The number of hydrogen-bond donors (Lipinski definition) is 1. The molecule has 108 valence electrons. The number of amides is 4. The number of imide groups is 2. The molecule has 0 bridgehead atoms. The lowest BCUT2D eigenvalue weighted by Gasteiger charge is -2.37. The van der Waals surface area contributed by atoms with Crippen LogP contribution in [-0.4, -0.2) is 27.7 Å². The quantitative estimate of drug-likeness (QED) is 0.840. The second-order valence-electron chi connectivity index (χ2n) is 4.80. The average Bonchev–Trinajstić information content (AvgIpc) is 2.82. The van der Waals surface area contributed by atoms with Gasteiger partial charge in [-0.3, -0.25) is 19.8 Å². The number of carbonyl (C=O) groups excluding carboxylic acids is 3. The van der Waals surface area contributed by atoms with Gasteiger partial charge in [-0.2, -0.15) is 0 Å². The second-order valence-corrected chi connectivity index (χ2v) is 4.80. The largest absolute Gasteiger partial charge is 0.444 e. The van der Waals surface area contributed by atoms with Gasteiger partial charge in [0.2, 0.25) is 17.7 Å². The lowest BCUT2D eigenvalue weighted by Crippen LogP contribution is -2.63. The molecule has 1 N–H and O–H groups in total. The van der Waals surface area contributed by atoms with Gasteiger partial charge in [-0.05, 0) is 19.8 Å². The van der Waals surface area contributed by atoms with Crippen LogP contribution in [0.4, 0.5) is 4.79 Å². The number of nitrogens with zero attached hydrogens (tertiary/aromatic N) is 2. The maximum atomic E-state index is 12.5. The summed E-state index contributed by atoms with van der Waals surface area (Å²) < 4.78 is 5.28. The Morgan fingerprint density at radius 1 is 1.30 bits per heavy atom. The number of aryl methyl sites for hydroxylation is 1. The van der Waals surface area contributed by atoms with Crippen LogP contribution in [0, 0.1) is 12.3 Å². The molecule has 1 aliphatic heterocycles. The van der Waals surface area contributed by atoms with Crippen molar-refractivity contribution in [1.29, 1.82) is 0 Å². The number of rotatable bonds is 4. The fraction of sp³-hybridized carbons (Fsp3) is 0.538. The molecule has 0 aliphatic carbocycles.